The van der Waals surface area contributed by atoms with E-state index < -0.39 is 30.1 Å². The number of cyclic esters (lactones) is 1. The zero-order chi connectivity index (χ0) is 26.3. The predicted molar refractivity (Wildman–Crippen MR) is 135 cm³/mol. The number of esters is 1. The Hall–Kier alpha value is -2.52. The van der Waals surface area contributed by atoms with Gasteiger partial charge in [0.15, 0.2) is 18.4 Å². The number of ether oxygens (including phenoxy) is 5. The molecule has 1 saturated heterocycles. The van der Waals surface area contributed by atoms with Gasteiger partial charge in [-0.05, 0) is 69.7 Å². The normalized spacial score (nSPS) is 27.9. The Morgan fingerprint density at radius 2 is 1.89 bits per heavy atom. The molecule has 0 spiro atoms. The molecule has 2 aliphatic rings. The highest BCUT2D eigenvalue weighted by atomic mass is 16.8. The third-order valence-electron chi connectivity index (χ3n) is 6.40. The van der Waals surface area contributed by atoms with Crippen molar-refractivity contribution in [1.82, 2.24) is 0 Å². The zero-order valence-electron chi connectivity index (χ0n) is 21.8. The number of aryl methyl sites for hydroxylation is 1. The van der Waals surface area contributed by atoms with Crippen LogP contribution >= 0.6 is 0 Å². The van der Waals surface area contributed by atoms with E-state index in [-0.39, 0.29) is 25.1 Å². The topological polar surface area (TPSA) is 101 Å². The lowest BCUT2D eigenvalue weighted by atomic mass is 9.94. The van der Waals surface area contributed by atoms with Gasteiger partial charge in [0, 0.05) is 19.6 Å². The number of hydrogen-bond donors (Lipinski definition) is 1. The van der Waals surface area contributed by atoms with Crippen molar-refractivity contribution in [2.75, 3.05) is 20.5 Å². The molecule has 198 valence electrons. The van der Waals surface area contributed by atoms with E-state index in [1.54, 1.807) is 32.9 Å². The van der Waals surface area contributed by atoms with Crippen LogP contribution in [0, 0.1) is 5.92 Å². The molecular weight excluding hydrogens is 464 g/mol. The second kappa shape index (κ2) is 12.6. The molecular formula is C28H38O8. The van der Waals surface area contributed by atoms with E-state index in [0.717, 1.165) is 12.0 Å². The first-order chi connectivity index (χ1) is 17.2. The highest BCUT2D eigenvalue weighted by Gasteiger charge is 2.43. The monoisotopic (exact) mass is 502 g/mol. The summed E-state index contributed by atoms with van der Waals surface area (Å²) in [6.45, 7) is 7.34. The highest BCUT2D eigenvalue weighted by molar-refractivity contribution is 5.97. The van der Waals surface area contributed by atoms with Crippen molar-refractivity contribution in [3.05, 3.63) is 47.1 Å². The van der Waals surface area contributed by atoms with E-state index >= 15 is 0 Å². The standard InChI is InChI=1S/C28H38O8/c1-18-12-14-22(30)26-24(35-28(3,4)36-26)11-8-10-21-20(9-6-7-16-29)13-15-23(33-17-32-5)25(21)27(31)34-19(18)2/h8,10,12-15,18-19,24,26,29H,6-7,9,11,16-17H2,1-5H3/b10-8+,14-12-/t18-,19+,24+,26-/m1/s1. The molecule has 1 aromatic rings. The third-order valence-corrected chi connectivity index (χ3v) is 6.40. The molecule has 0 aromatic heterocycles. The summed E-state index contributed by atoms with van der Waals surface area (Å²) in [6, 6.07) is 3.67. The highest BCUT2D eigenvalue weighted by Crippen LogP contribution is 2.33. The average Bonchev–Trinajstić information content (AvgIpc) is 3.15. The van der Waals surface area contributed by atoms with Crippen molar-refractivity contribution < 1.29 is 38.4 Å². The largest absolute Gasteiger partial charge is 0.467 e. The number of rotatable bonds is 7. The van der Waals surface area contributed by atoms with Gasteiger partial charge < -0.3 is 28.8 Å². The van der Waals surface area contributed by atoms with Crippen molar-refractivity contribution >= 4 is 17.8 Å². The van der Waals surface area contributed by atoms with Gasteiger partial charge >= 0.3 is 5.97 Å². The van der Waals surface area contributed by atoms with Gasteiger partial charge in [0.05, 0.1) is 6.10 Å². The van der Waals surface area contributed by atoms with Gasteiger partial charge in [-0.1, -0.05) is 31.2 Å². The lowest BCUT2D eigenvalue weighted by Crippen LogP contribution is -2.30. The van der Waals surface area contributed by atoms with E-state index in [2.05, 4.69) is 0 Å². The number of carbonyl (C=O) groups excluding carboxylic acids is 2. The van der Waals surface area contributed by atoms with Crippen LogP contribution in [0.5, 0.6) is 5.75 Å². The van der Waals surface area contributed by atoms with Gasteiger partial charge in [0.2, 0.25) is 0 Å². The molecule has 0 bridgehead atoms. The minimum atomic E-state index is -0.882. The Morgan fingerprint density at radius 3 is 2.61 bits per heavy atom. The maximum absolute atomic E-state index is 13.5. The van der Waals surface area contributed by atoms with Crippen LogP contribution in [0.2, 0.25) is 0 Å². The second-order valence-electron chi connectivity index (χ2n) is 9.71. The van der Waals surface area contributed by atoms with Crippen LogP contribution in [0.3, 0.4) is 0 Å². The van der Waals surface area contributed by atoms with Crippen molar-refractivity contribution in [2.24, 2.45) is 5.92 Å². The fourth-order valence-corrected chi connectivity index (χ4v) is 4.33. The molecule has 36 heavy (non-hydrogen) atoms. The fraction of sp³-hybridized carbons (Fsp3) is 0.571. The molecule has 2 heterocycles. The van der Waals surface area contributed by atoms with Gasteiger partial charge in [-0.3, -0.25) is 4.79 Å². The smallest absolute Gasteiger partial charge is 0.342 e. The van der Waals surface area contributed by atoms with Crippen LogP contribution in [0.1, 0.15) is 68.4 Å². The lowest BCUT2D eigenvalue weighted by molar-refractivity contribution is -0.152. The van der Waals surface area contributed by atoms with Gasteiger partial charge in [-0.25, -0.2) is 4.79 Å². The Balaban J connectivity index is 2.09. The van der Waals surface area contributed by atoms with Crippen LogP contribution in [-0.4, -0.2) is 61.5 Å². The number of aliphatic hydroxyl groups is 1. The lowest BCUT2D eigenvalue weighted by Gasteiger charge is -2.22. The summed E-state index contributed by atoms with van der Waals surface area (Å²) in [4.78, 5) is 26.4. The van der Waals surface area contributed by atoms with Gasteiger partial charge in [-0.2, -0.15) is 0 Å². The molecule has 4 atom stereocenters. The Kier molecular flexibility index (Phi) is 9.84. The second-order valence-corrected chi connectivity index (χ2v) is 9.71. The van der Waals surface area contributed by atoms with Crippen molar-refractivity contribution in [2.45, 2.75) is 77.5 Å². The first-order valence-corrected chi connectivity index (χ1v) is 12.5. The van der Waals surface area contributed by atoms with Crippen LogP contribution in [0.15, 0.2) is 30.4 Å². The summed E-state index contributed by atoms with van der Waals surface area (Å²) in [5.41, 5.74) is 1.93. The van der Waals surface area contributed by atoms with Gasteiger partial charge in [0.25, 0.3) is 0 Å². The predicted octanol–water partition coefficient (Wildman–Crippen LogP) is 4.23. The molecule has 0 radical (unpaired) electrons. The molecule has 8 nitrogen and oxygen atoms in total. The molecule has 0 unspecified atom stereocenters. The molecule has 0 aliphatic carbocycles. The van der Waals surface area contributed by atoms with Crippen molar-refractivity contribution in [3.63, 3.8) is 0 Å². The minimum absolute atomic E-state index is 0.0197. The third kappa shape index (κ3) is 7.03. The minimum Gasteiger partial charge on any atom is -0.467 e. The maximum Gasteiger partial charge on any atom is 0.342 e. The number of unbranched alkanes of at least 4 members (excludes halogenated alkanes) is 1. The number of methoxy groups -OCH3 is 1. The van der Waals surface area contributed by atoms with Crippen molar-refractivity contribution in [1.29, 1.82) is 0 Å². The number of carbonyl (C=O) groups is 2. The van der Waals surface area contributed by atoms with E-state index in [4.69, 9.17) is 23.7 Å². The summed E-state index contributed by atoms with van der Waals surface area (Å²) in [5, 5.41) is 9.25. The van der Waals surface area contributed by atoms with E-state index in [1.807, 2.05) is 25.1 Å². The van der Waals surface area contributed by atoms with Crippen LogP contribution in [-0.2, 0) is 30.2 Å². The number of fused-ring (bicyclic) bond motifs is 2. The molecule has 2 aliphatic heterocycles. The number of benzene rings is 1. The first kappa shape index (κ1) is 28.1. The Bertz CT molecular complexity index is 980. The van der Waals surface area contributed by atoms with E-state index in [9.17, 15) is 14.7 Å². The van der Waals surface area contributed by atoms with Crippen LogP contribution < -0.4 is 4.74 Å². The number of aliphatic hydroxyl groups excluding tert-OH is 1. The number of ketones is 1. The fourth-order valence-electron chi connectivity index (χ4n) is 4.33. The van der Waals surface area contributed by atoms with Crippen LogP contribution in [0.25, 0.3) is 6.08 Å². The van der Waals surface area contributed by atoms with Crippen molar-refractivity contribution in [3.8, 4) is 5.75 Å². The number of hydrogen-bond acceptors (Lipinski definition) is 8. The summed E-state index contributed by atoms with van der Waals surface area (Å²) in [6.07, 6.45) is 7.77. The molecule has 8 heteroatoms. The molecule has 0 saturated carbocycles. The molecule has 1 N–H and O–H groups in total. The van der Waals surface area contributed by atoms with Gasteiger partial charge in [0.1, 0.15) is 23.5 Å². The Morgan fingerprint density at radius 1 is 1.11 bits per heavy atom. The quantitative estimate of drug-likeness (QED) is 0.336. The van der Waals surface area contributed by atoms with E-state index in [1.165, 1.54) is 13.2 Å². The summed E-state index contributed by atoms with van der Waals surface area (Å²) >= 11 is 0. The summed E-state index contributed by atoms with van der Waals surface area (Å²) < 4.78 is 28.6. The molecule has 1 aromatic carbocycles. The SMILES string of the molecule is COCOc1ccc(CCCCO)c2c1C(=O)O[C@@H](C)[C@H](C)/C=C\C(=O)[C@H]1OC(C)(C)O[C@H]1C/C=C/2. The summed E-state index contributed by atoms with van der Waals surface area (Å²) in [5.74, 6) is -1.43. The molecule has 1 fully saturated rings. The Labute approximate surface area is 213 Å². The molecule has 0 amide bonds. The average molecular weight is 503 g/mol. The molecule has 3 rings (SSSR count). The maximum atomic E-state index is 13.5. The zero-order valence-corrected chi connectivity index (χ0v) is 21.8. The van der Waals surface area contributed by atoms with Gasteiger partial charge in [-0.15, -0.1) is 0 Å². The first-order valence-electron chi connectivity index (χ1n) is 12.5. The van der Waals surface area contributed by atoms with E-state index in [0.29, 0.717) is 36.1 Å². The summed E-state index contributed by atoms with van der Waals surface area (Å²) in [7, 11) is 1.51. The van der Waals surface area contributed by atoms with Crippen LogP contribution in [0.4, 0.5) is 0 Å².